The maximum atomic E-state index is 12.6. The zero-order valence-electron chi connectivity index (χ0n) is 16.1. The van der Waals surface area contributed by atoms with Crippen LogP contribution in [-0.2, 0) is 4.79 Å². The first-order valence-electron chi connectivity index (χ1n) is 9.26. The van der Waals surface area contributed by atoms with Crippen LogP contribution in [0.4, 0.5) is 11.4 Å². The summed E-state index contributed by atoms with van der Waals surface area (Å²) in [4.78, 5) is 24.8. The highest BCUT2D eigenvalue weighted by atomic mass is 16.5. The first-order valence-corrected chi connectivity index (χ1v) is 9.26. The lowest BCUT2D eigenvalue weighted by Gasteiger charge is -2.12. The van der Waals surface area contributed by atoms with Crippen molar-refractivity contribution < 1.29 is 19.1 Å². The van der Waals surface area contributed by atoms with Crippen molar-refractivity contribution in [2.75, 3.05) is 23.8 Å². The summed E-state index contributed by atoms with van der Waals surface area (Å²) in [6.07, 6.45) is 0. The molecule has 0 aliphatic heterocycles. The molecular weight excluding hydrogens is 368 g/mol. The molecule has 0 unspecified atom stereocenters. The summed E-state index contributed by atoms with van der Waals surface area (Å²) in [5, 5.41) is 5.56. The third kappa shape index (κ3) is 5.84. The Hall–Kier alpha value is -3.80. The molecule has 2 amide bonds. The SMILES string of the molecule is CCOc1ccc(NC(=O)COc2ccccc2C(=O)Nc2ccccc2)cc1. The molecule has 148 valence electrons. The molecule has 3 aromatic carbocycles. The van der Waals surface area contributed by atoms with E-state index in [-0.39, 0.29) is 18.4 Å². The van der Waals surface area contributed by atoms with E-state index in [4.69, 9.17) is 9.47 Å². The van der Waals surface area contributed by atoms with Crippen molar-refractivity contribution in [3.63, 3.8) is 0 Å². The third-order valence-corrected chi connectivity index (χ3v) is 3.97. The van der Waals surface area contributed by atoms with E-state index in [1.807, 2.05) is 25.1 Å². The number of benzene rings is 3. The Morgan fingerprint density at radius 2 is 1.41 bits per heavy atom. The molecule has 0 aromatic heterocycles. The molecule has 3 aromatic rings. The monoisotopic (exact) mass is 390 g/mol. The molecule has 0 spiro atoms. The van der Waals surface area contributed by atoms with E-state index in [0.717, 1.165) is 5.75 Å². The zero-order valence-corrected chi connectivity index (χ0v) is 16.1. The van der Waals surface area contributed by atoms with Gasteiger partial charge in [0, 0.05) is 11.4 Å². The number of carbonyl (C=O) groups is 2. The molecule has 0 bridgehead atoms. The van der Waals surface area contributed by atoms with E-state index >= 15 is 0 Å². The van der Waals surface area contributed by atoms with E-state index in [1.54, 1.807) is 60.7 Å². The van der Waals surface area contributed by atoms with Gasteiger partial charge in [-0.15, -0.1) is 0 Å². The Morgan fingerprint density at radius 1 is 0.759 bits per heavy atom. The number of anilines is 2. The van der Waals surface area contributed by atoms with Gasteiger partial charge in [0.15, 0.2) is 6.61 Å². The first-order chi connectivity index (χ1) is 14.2. The molecule has 6 nitrogen and oxygen atoms in total. The summed E-state index contributed by atoms with van der Waals surface area (Å²) in [6.45, 7) is 2.27. The van der Waals surface area contributed by atoms with Gasteiger partial charge in [0.05, 0.1) is 12.2 Å². The van der Waals surface area contributed by atoms with Crippen LogP contribution in [0.25, 0.3) is 0 Å². The van der Waals surface area contributed by atoms with Crippen LogP contribution in [0.5, 0.6) is 11.5 Å². The molecule has 0 saturated heterocycles. The summed E-state index contributed by atoms with van der Waals surface area (Å²) in [7, 11) is 0. The average Bonchev–Trinajstić information content (AvgIpc) is 2.75. The van der Waals surface area contributed by atoms with Gasteiger partial charge in [-0.05, 0) is 55.5 Å². The van der Waals surface area contributed by atoms with Crippen LogP contribution < -0.4 is 20.1 Å². The van der Waals surface area contributed by atoms with Crippen molar-refractivity contribution in [2.45, 2.75) is 6.92 Å². The van der Waals surface area contributed by atoms with Crippen molar-refractivity contribution in [1.29, 1.82) is 0 Å². The van der Waals surface area contributed by atoms with Crippen molar-refractivity contribution in [3.8, 4) is 11.5 Å². The molecular formula is C23H22N2O4. The first kappa shape index (κ1) is 19.9. The highest BCUT2D eigenvalue weighted by molar-refractivity contribution is 6.06. The van der Waals surface area contributed by atoms with Gasteiger partial charge in [-0.2, -0.15) is 0 Å². The highest BCUT2D eigenvalue weighted by Crippen LogP contribution is 2.20. The van der Waals surface area contributed by atoms with Gasteiger partial charge >= 0.3 is 0 Å². The van der Waals surface area contributed by atoms with E-state index in [9.17, 15) is 9.59 Å². The number of hydrogen-bond donors (Lipinski definition) is 2. The number of hydrogen-bond acceptors (Lipinski definition) is 4. The number of rotatable bonds is 8. The summed E-state index contributed by atoms with van der Waals surface area (Å²) in [5.74, 6) is 0.439. The molecule has 0 fully saturated rings. The van der Waals surface area contributed by atoms with Crippen molar-refractivity contribution in [1.82, 2.24) is 0 Å². The number of carbonyl (C=O) groups excluding carboxylic acids is 2. The maximum Gasteiger partial charge on any atom is 0.262 e. The molecule has 6 heteroatoms. The van der Waals surface area contributed by atoms with Gasteiger partial charge in [0.1, 0.15) is 11.5 Å². The topological polar surface area (TPSA) is 76.7 Å². The number of ether oxygens (including phenoxy) is 2. The minimum absolute atomic E-state index is 0.219. The Labute approximate surface area is 169 Å². The molecule has 0 radical (unpaired) electrons. The van der Waals surface area contributed by atoms with Crippen LogP contribution in [0.1, 0.15) is 17.3 Å². The number of para-hydroxylation sites is 2. The summed E-state index contributed by atoms with van der Waals surface area (Å²) >= 11 is 0. The van der Waals surface area contributed by atoms with Gasteiger partial charge in [0.25, 0.3) is 11.8 Å². The lowest BCUT2D eigenvalue weighted by atomic mass is 10.2. The lowest BCUT2D eigenvalue weighted by molar-refractivity contribution is -0.118. The second kappa shape index (κ2) is 9.94. The second-order valence-corrected chi connectivity index (χ2v) is 6.11. The van der Waals surface area contributed by atoms with E-state index in [1.165, 1.54) is 0 Å². The second-order valence-electron chi connectivity index (χ2n) is 6.11. The Morgan fingerprint density at radius 3 is 2.14 bits per heavy atom. The standard InChI is InChI=1S/C23H22N2O4/c1-2-28-19-14-12-18(13-15-19)24-22(26)16-29-21-11-7-6-10-20(21)23(27)25-17-8-4-3-5-9-17/h3-15H,2,16H2,1H3,(H,24,26)(H,25,27). The smallest absolute Gasteiger partial charge is 0.262 e. The molecule has 3 rings (SSSR count). The van der Waals surface area contributed by atoms with Crippen LogP contribution in [0.3, 0.4) is 0 Å². The van der Waals surface area contributed by atoms with Gasteiger partial charge in [-0.3, -0.25) is 9.59 Å². The molecule has 0 atom stereocenters. The van der Waals surface area contributed by atoms with Crippen LogP contribution in [0, 0.1) is 0 Å². The molecule has 0 saturated carbocycles. The van der Waals surface area contributed by atoms with E-state index in [0.29, 0.717) is 29.3 Å². The third-order valence-electron chi connectivity index (χ3n) is 3.97. The lowest BCUT2D eigenvalue weighted by Crippen LogP contribution is -2.21. The van der Waals surface area contributed by atoms with Crippen LogP contribution >= 0.6 is 0 Å². The van der Waals surface area contributed by atoms with Crippen LogP contribution in [0.2, 0.25) is 0 Å². The fourth-order valence-corrected chi connectivity index (χ4v) is 2.64. The quantitative estimate of drug-likeness (QED) is 0.599. The fourth-order valence-electron chi connectivity index (χ4n) is 2.64. The maximum absolute atomic E-state index is 12.6. The predicted octanol–water partition coefficient (Wildman–Crippen LogP) is 4.36. The predicted molar refractivity (Wildman–Crippen MR) is 113 cm³/mol. The van der Waals surface area contributed by atoms with E-state index < -0.39 is 0 Å². The summed E-state index contributed by atoms with van der Waals surface area (Å²) < 4.78 is 11.0. The van der Waals surface area contributed by atoms with Gasteiger partial charge < -0.3 is 20.1 Å². The molecule has 0 aliphatic rings. The van der Waals surface area contributed by atoms with Crippen molar-refractivity contribution in [3.05, 3.63) is 84.4 Å². The number of amides is 2. The van der Waals surface area contributed by atoms with Crippen molar-refractivity contribution in [2.24, 2.45) is 0 Å². The zero-order chi connectivity index (χ0) is 20.5. The average molecular weight is 390 g/mol. The Bertz CT molecular complexity index is 956. The van der Waals surface area contributed by atoms with Crippen LogP contribution in [0.15, 0.2) is 78.9 Å². The minimum Gasteiger partial charge on any atom is -0.494 e. The molecule has 0 heterocycles. The Balaban J connectivity index is 1.59. The molecule has 2 N–H and O–H groups in total. The molecule has 0 aliphatic carbocycles. The summed E-state index contributed by atoms with van der Waals surface area (Å²) in [6, 6.07) is 23.0. The van der Waals surface area contributed by atoms with Crippen molar-refractivity contribution >= 4 is 23.2 Å². The number of nitrogens with one attached hydrogen (secondary N) is 2. The summed E-state index contributed by atoms with van der Waals surface area (Å²) in [5.41, 5.74) is 1.67. The van der Waals surface area contributed by atoms with Gasteiger partial charge in [-0.25, -0.2) is 0 Å². The fraction of sp³-hybridized carbons (Fsp3) is 0.130. The largest absolute Gasteiger partial charge is 0.494 e. The highest BCUT2D eigenvalue weighted by Gasteiger charge is 2.13. The van der Waals surface area contributed by atoms with E-state index in [2.05, 4.69) is 10.6 Å². The normalized spacial score (nSPS) is 10.1. The molecule has 29 heavy (non-hydrogen) atoms. The Kier molecular flexibility index (Phi) is 6.84. The van der Waals surface area contributed by atoms with Gasteiger partial charge in [0.2, 0.25) is 0 Å². The van der Waals surface area contributed by atoms with Gasteiger partial charge in [-0.1, -0.05) is 30.3 Å². The minimum atomic E-state index is -0.326. The van der Waals surface area contributed by atoms with Crippen LogP contribution in [-0.4, -0.2) is 25.0 Å².